The SMILES string of the molecule is O=C(CC(c1cncc(F)c1)N(C(=O)[C@H]1CCCN1)c1ccc(S(F)(F)(F)(F)F)cc1)NC1CCC(F)(F)CC1. The number of anilines is 1. The molecular weight excluding hydrogens is 572 g/mol. The Balaban J connectivity index is 1.70. The minimum atomic E-state index is -10.0. The van der Waals surface area contributed by atoms with Gasteiger partial charge in [0.15, 0.2) is 0 Å². The van der Waals surface area contributed by atoms with Crippen LogP contribution in [0.4, 0.5) is 38.3 Å². The molecule has 1 aromatic heterocycles. The van der Waals surface area contributed by atoms with Gasteiger partial charge in [0, 0.05) is 30.8 Å². The Labute approximate surface area is 225 Å². The number of nitrogens with zero attached hydrogens (tertiary/aromatic N) is 2. The number of hydrogen-bond acceptors (Lipinski definition) is 4. The van der Waals surface area contributed by atoms with Crippen LogP contribution >= 0.6 is 10.2 Å². The summed E-state index contributed by atoms with van der Waals surface area (Å²) < 4.78 is 108. The molecule has 1 saturated carbocycles. The fourth-order valence-electron chi connectivity index (χ4n) is 5.00. The highest BCUT2D eigenvalue weighted by Crippen LogP contribution is 3.02. The predicted molar refractivity (Wildman–Crippen MR) is 133 cm³/mol. The number of nitrogens with one attached hydrogen (secondary N) is 2. The van der Waals surface area contributed by atoms with Crippen LogP contribution < -0.4 is 15.5 Å². The molecule has 0 spiro atoms. The van der Waals surface area contributed by atoms with E-state index < -0.39 is 76.1 Å². The van der Waals surface area contributed by atoms with Crippen molar-refractivity contribution in [2.75, 3.05) is 11.4 Å². The summed E-state index contributed by atoms with van der Waals surface area (Å²) in [6.07, 6.45) is 1.65. The number of hydrogen-bond donors (Lipinski definition) is 2. The monoisotopic (exact) mass is 600 g/mol. The number of benzene rings is 1. The Morgan fingerprint density at radius 3 is 2.25 bits per heavy atom. The lowest BCUT2D eigenvalue weighted by molar-refractivity contribution is -0.124. The molecule has 1 unspecified atom stereocenters. The Hall–Kier alpha value is -2.94. The number of amides is 2. The normalized spacial score (nSPS) is 22.1. The van der Waals surface area contributed by atoms with E-state index in [0.29, 0.717) is 31.5 Å². The van der Waals surface area contributed by atoms with Crippen molar-refractivity contribution in [3.05, 3.63) is 54.1 Å². The Morgan fingerprint density at radius 1 is 1.05 bits per heavy atom. The van der Waals surface area contributed by atoms with Gasteiger partial charge >= 0.3 is 10.2 Å². The third-order valence-electron chi connectivity index (χ3n) is 7.04. The first-order valence-electron chi connectivity index (χ1n) is 12.6. The molecule has 2 amide bonds. The van der Waals surface area contributed by atoms with Crippen LogP contribution in [0.2, 0.25) is 0 Å². The number of carbonyl (C=O) groups excluding carboxylic acids is 2. The second-order valence-corrected chi connectivity index (χ2v) is 12.6. The average molecular weight is 601 g/mol. The van der Waals surface area contributed by atoms with Crippen LogP contribution in [-0.4, -0.2) is 41.3 Å². The quantitative estimate of drug-likeness (QED) is 0.328. The zero-order valence-corrected chi connectivity index (χ0v) is 21.9. The number of halogens is 8. The van der Waals surface area contributed by atoms with E-state index in [-0.39, 0.29) is 36.2 Å². The molecule has 2 fully saturated rings. The van der Waals surface area contributed by atoms with E-state index in [9.17, 15) is 42.2 Å². The molecular formula is C25H28F8N4O2S. The average Bonchev–Trinajstić information content (AvgIpc) is 3.39. The molecule has 2 atom stereocenters. The fourth-order valence-corrected chi connectivity index (χ4v) is 5.65. The van der Waals surface area contributed by atoms with Crippen LogP contribution in [-0.2, 0) is 9.59 Å². The van der Waals surface area contributed by atoms with Gasteiger partial charge in [-0.15, -0.1) is 0 Å². The van der Waals surface area contributed by atoms with Crippen molar-refractivity contribution in [3.8, 4) is 0 Å². The van der Waals surface area contributed by atoms with Crippen LogP contribution in [0, 0.1) is 5.82 Å². The Morgan fingerprint density at radius 2 is 1.70 bits per heavy atom. The highest BCUT2D eigenvalue weighted by molar-refractivity contribution is 8.45. The number of alkyl halides is 2. The second kappa shape index (κ2) is 10.2. The maximum Gasteiger partial charge on any atom is 0.310 e. The van der Waals surface area contributed by atoms with Gasteiger partial charge in [-0.1, -0.05) is 19.4 Å². The van der Waals surface area contributed by atoms with Gasteiger partial charge in [0.1, 0.15) is 10.7 Å². The molecule has 1 aromatic carbocycles. The molecule has 1 aliphatic heterocycles. The molecule has 6 nitrogen and oxygen atoms in total. The van der Waals surface area contributed by atoms with Gasteiger partial charge in [-0.3, -0.25) is 14.6 Å². The van der Waals surface area contributed by atoms with Gasteiger partial charge in [-0.05, 0) is 68.1 Å². The summed E-state index contributed by atoms with van der Waals surface area (Å²) in [4.78, 5) is 29.3. The topological polar surface area (TPSA) is 74.3 Å². The Kier molecular flexibility index (Phi) is 7.63. The molecule has 4 rings (SSSR count). The van der Waals surface area contributed by atoms with Crippen molar-refractivity contribution in [1.29, 1.82) is 0 Å². The van der Waals surface area contributed by atoms with Crippen LogP contribution in [0.1, 0.15) is 56.6 Å². The fraction of sp³-hybridized carbons (Fsp3) is 0.480. The van der Waals surface area contributed by atoms with Crippen LogP contribution in [0.25, 0.3) is 0 Å². The van der Waals surface area contributed by atoms with Crippen LogP contribution in [0.5, 0.6) is 0 Å². The van der Waals surface area contributed by atoms with Gasteiger partial charge in [0.05, 0.1) is 24.7 Å². The van der Waals surface area contributed by atoms with E-state index >= 15 is 0 Å². The van der Waals surface area contributed by atoms with Crippen LogP contribution in [0.15, 0.2) is 47.6 Å². The minimum absolute atomic E-state index is 0.00933. The van der Waals surface area contributed by atoms with Crippen molar-refractivity contribution in [2.24, 2.45) is 0 Å². The number of rotatable bonds is 8. The third-order valence-corrected chi connectivity index (χ3v) is 8.20. The number of pyridine rings is 1. The van der Waals surface area contributed by atoms with Crippen molar-refractivity contribution in [3.63, 3.8) is 0 Å². The summed E-state index contributed by atoms with van der Waals surface area (Å²) in [5.74, 6) is -5.00. The summed E-state index contributed by atoms with van der Waals surface area (Å²) in [6.45, 7) is 0.465. The third kappa shape index (κ3) is 7.42. The van der Waals surface area contributed by atoms with E-state index in [0.717, 1.165) is 17.2 Å². The van der Waals surface area contributed by atoms with Gasteiger partial charge in [0.25, 0.3) is 0 Å². The maximum atomic E-state index is 14.2. The van der Waals surface area contributed by atoms with E-state index in [1.807, 2.05) is 0 Å². The minimum Gasteiger partial charge on any atom is -0.353 e. The lowest BCUT2D eigenvalue weighted by Crippen LogP contribution is -2.47. The smallest absolute Gasteiger partial charge is 0.310 e. The summed E-state index contributed by atoms with van der Waals surface area (Å²) in [7, 11) is -10.0. The zero-order chi connectivity index (χ0) is 29.4. The maximum absolute atomic E-state index is 14.2. The Bertz CT molecular complexity index is 1250. The molecule has 2 N–H and O–H groups in total. The van der Waals surface area contributed by atoms with Crippen molar-refractivity contribution in [2.45, 2.75) is 73.9 Å². The molecule has 0 bridgehead atoms. The highest BCUT2D eigenvalue weighted by Gasteiger charge is 2.65. The van der Waals surface area contributed by atoms with Crippen molar-refractivity contribution < 1.29 is 42.2 Å². The van der Waals surface area contributed by atoms with Gasteiger partial charge in [-0.2, -0.15) is 0 Å². The first-order chi connectivity index (χ1) is 18.4. The number of carbonyl (C=O) groups is 2. The molecule has 1 saturated heterocycles. The lowest BCUT2D eigenvalue weighted by atomic mass is 9.92. The highest BCUT2D eigenvalue weighted by atomic mass is 32.5. The van der Waals surface area contributed by atoms with E-state index in [1.165, 1.54) is 6.20 Å². The van der Waals surface area contributed by atoms with E-state index in [4.69, 9.17) is 0 Å². The van der Waals surface area contributed by atoms with Gasteiger partial charge < -0.3 is 15.5 Å². The molecule has 0 radical (unpaired) electrons. The molecule has 1 aliphatic carbocycles. The molecule has 15 heteroatoms. The van der Waals surface area contributed by atoms with Crippen molar-refractivity contribution in [1.82, 2.24) is 15.6 Å². The molecule has 2 aromatic rings. The summed E-state index contributed by atoms with van der Waals surface area (Å²) in [5.41, 5.74) is -0.211. The second-order valence-electron chi connectivity index (χ2n) is 10.2. The van der Waals surface area contributed by atoms with Gasteiger partial charge in [-0.25, -0.2) is 13.2 Å². The summed E-state index contributed by atoms with van der Waals surface area (Å²) in [5, 5.41) is 5.59. The zero-order valence-electron chi connectivity index (χ0n) is 21.1. The standard InChI is InChI=1S/C25H28F8N4O2S/c26-17-12-16(14-34-15-17)22(13-23(38)36-18-7-9-25(27,28)10-8-18)37(24(39)21-2-1-11-35-21)19-3-5-20(6-4-19)40(29,30,31,32)33/h3-6,12,14-15,18,21-22,35H,1-2,7-11,13H2,(H,36,38)/t21-,22?/m1/s1. The lowest BCUT2D eigenvalue weighted by Gasteiger charge is -2.41. The largest absolute Gasteiger partial charge is 0.353 e. The first-order valence-corrected chi connectivity index (χ1v) is 14.6. The van der Waals surface area contributed by atoms with Gasteiger partial charge in [0.2, 0.25) is 17.7 Å². The molecule has 222 valence electrons. The molecule has 2 aliphatic rings. The molecule has 2 heterocycles. The number of aromatic nitrogens is 1. The first kappa shape index (κ1) is 30.0. The summed E-state index contributed by atoms with van der Waals surface area (Å²) in [6, 6.07) is 0.0113. The van der Waals surface area contributed by atoms with Crippen molar-refractivity contribution >= 4 is 27.7 Å². The van der Waals surface area contributed by atoms with Crippen LogP contribution in [0.3, 0.4) is 0 Å². The van der Waals surface area contributed by atoms with E-state index in [1.54, 1.807) is 0 Å². The van der Waals surface area contributed by atoms with E-state index in [2.05, 4.69) is 15.6 Å². The predicted octanol–water partition coefficient (Wildman–Crippen LogP) is 6.79. The molecule has 40 heavy (non-hydrogen) atoms. The summed E-state index contributed by atoms with van der Waals surface area (Å²) >= 11 is 0.